The molecule has 1 aromatic carbocycles. The van der Waals surface area contributed by atoms with Gasteiger partial charge in [-0.25, -0.2) is 13.8 Å². The summed E-state index contributed by atoms with van der Waals surface area (Å²) in [5.41, 5.74) is 1.20. The van der Waals surface area contributed by atoms with Crippen LogP contribution >= 0.6 is 0 Å². The zero-order valence-electron chi connectivity index (χ0n) is 8.08. The number of rotatable bonds is 2. The highest BCUT2D eigenvalue weighted by Crippen LogP contribution is 2.31. The predicted molar refractivity (Wildman–Crippen MR) is 52.4 cm³/mol. The van der Waals surface area contributed by atoms with Crippen LogP contribution < -0.4 is 0 Å². The Morgan fingerprint density at radius 3 is 2.73 bits per heavy atom. The number of hydrogen-bond acceptors (Lipinski definition) is 1. The second-order valence-corrected chi connectivity index (χ2v) is 4.10. The lowest BCUT2D eigenvalue weighted by atomic mass is 10.3. The monoisotopic (exact) mass is 208 g/mol. The van der Waals surface area contributed by atoms with Crippen molar-refractivity contribution in [2.45, 2.75) is 19.4 Å². The Morgan fingerprint density at radius 1 is 1.27 bits per heavy atom. The van der Waals surface area contributed by atoms with E-state index in [0.717, 1.165) is 12.6 Å². The third-order valence-electron chi connectivity index (χ3n) is 2.81. The normalized spacial score (nSPS) is 16.1. The van der Waals surface area contributed by atoms with Crippen molar-refractivity contribution in [3.63, 3.8) is 0 Å². The lowest BCUT2D eigenvalue weighted by molar-refractivity contribution is 0.510. The van der Waals surface area contributed by atoms with Gasteiger partial charge in [0.1, 0.15) is 0 Å². The van der Waals surface area contributed by atoms with E-state index in [2.05, 4.69) is 4.98 Å². The first-order valence-corrected chi connectivity index (χ1v) is 5.04. The number of aromatic nitrogens is 2. The van der Waals surface area contributed by atoms with Crippen molar-refractivity contribution >= 4 is 11.0 Å². The molecule has 0 unspecified atom stereocenters. The van der Waals surface area contributed by atoms with Crippen LogP contribution in [0.5, 0.6) is 0 Å². The Morgan fingerprint density at radius 2 is 2.00 bits per heavy atom. The first-order chi connectivity index (χ1) is 7.24. The van der Waals surface area contributed by atoms with Crippen LogP contribution in [0.2, 0.25) is 0 Å². The minimum Gasteiger partial charge on any atom is -0.330 e. The van der Waals surface area contributed by atoms with Crippen molar-refractivity contribution in [2.24, 2.45) is 5.92 Å². The molecular formula is C11H10F2N2. The smallest absolute Gasteiger partial charge is 0.161 e. The Balaban J connectivity index is 2.10. The van der Waals surface area contributed by atoms with Crippen LogP contribution in [0, 0.1) is 17.6 Å². The minimum atomic E-state index is -0.834. The van der Waals surface area contributed by atoms with E-state index in [0.29, 0.717) is 17.0 Å². The summed E-state index contributed by atoms with van der Waals surface area (Å²) in [6.07, 6.45) is 4.11. The van der Waals surface area contributed by atoms with Crippen LogP contribution in [0.15, 0.2) is 18.5 Å². The molecule has 3 rings (SSSR count). The van der Waals surface area contributed by atoms with E-state index in [1.807, 2.05) is 4.57 Å². The summed E-state index contributed by atoms with van der Waals surface area (Å²) in [4.78, 5) is 4.06. The van der Waals surface area contributed by atoms with Crippen LogP contribution in [0.1, 0.15) is 12.8 Å². The molecule has 0 saturated heterocycles. The van der Waals surface area contributed by atoms with E-state index < -0.39 is 11.6 Å². The average molecular weight is 208 g/mol. The van der Waals surface area contributed by atoms with Gasteiger partial charge in [0.25, 0.3) is 0 Å². The number of fused-ring (bicyclic) bond motifs is 1. The minimum absolute atomic E-state index is 0.523. The molecule has 1 fully saturated rings. The Hall–Kier alpha value is -1.45. The Kier molecular flexibility index (Phi) is 1.78. The molecule has 2 aromatic rings. The predicted octanol–water partition coefficient (Wildman–Crippen LogP) is 2.72. The second kappa shape index (κ2) is 3.02. The van der Waals surface area contributed by atoms with Crippen LogP contribution in [0.3, 0.4) is 0 Å². The molecule has 1 aliphatic rings. The van der Waals surface area contributed by atoms with Gasteiger partial charge in [0.2, 0.25) is 0 Å². The standard InChI is InChI=1S/C11H10F2N2/c12-8-3-10-11(4-9(8)13)15(6-14-10)5-7-1-2-7/h3-4,6-7H,1-2,5H2. The van der Waals surface area contributed by atoms with E-state index in [4.69, 9.17) is 0 Å². The number of halogens is 2. The van der Waals surface area contributed by atoms with Gasteiger partial charge in [0.05, 0.1) is 17.4 Å². The SMILES string of the molecule is Fc1cc2ncn(CC3CC3)c2cc1F. The number of hydrogen-bond donors (Lipinski definition) is 0. The van der Waals surface area contributed by atoms with E-state index in [9.17, 15) is 8.78 Å². The highest BCUT2D eigenvalue weighted by atomic mass is 19.2. The van der Waals surface area contributed by atoms with Crippen molar-refractivity contribution in [2.75, 3.05) is 0 Å². The topological polar surface area (TPSA) is 17.8 Å². The van der Waals surface area contributed by atoms with E-state index in [-0.39, 0.29) is 0 Å². The summed E-state index contributed by atoms with van der Waals surface area (Å²) in [6, 6.07) is 2.37. The molecule has 78 valence electrons. The van der Waals surface area contributed by atoms with Crippen molar-refractivity contribution < 1.29 is 8.78 Å². The van der Waals surface area contributed by atoms with Gasteiger partial charge in [0, 0.05) is 18.7 Å². The van der Waals surface area contributed by atoms with Crippen LogP contribution in [-0.2, 0) is 6.54 Å². The molecule has 1 heterocycles. The molecule has 1 aromatic heterocycles. The molecule has 0 bridgehead atoms. The van der Waals surface area contributed by atoms with E-state index in [1.165, 1.54) is 18.9 Å². The molecule has 15 heavy (non-hydrogen) atoms. The summed E-state index contributed by atoms with van der Waals surface area (Å²) >= 11 is 0. The molecule has 0 spiro atoms. The van der Waals surface area contributed by atoms with Gasteiger partial charge < -0.3 is 4.57 Å². The van der Waals surface area contributed by atoms with Gasteiger partial charge in [-0.2, -0.15) is 0 Å². The van der Waals surface area contributed by atoms with E-state index in [1.54, 1.807) is 6.33 Å². The van der Waals surface area contributed by atoms with Crippen molar-refractivity contribution in [3.05, 3.63) is 30.1 Å². The number of imidazole rings is 1. The Bertz CT molecular complexity index is 515. The molecule has 0 aliphatic heterocycles. The average Bonchev–Trinajstić information content (AvgIpc) is 2.94. The maximum absolute atomic E-state index is 13.0. The second-order valence-electron chi connectivity index (χ2n) is 4.10. The summed E-state index contributed by atoms with van der Waals surface area (Å²) in [5, 5.41) is 0. The molecule has 0 radical (unpaired) electrons. The summed E-state index contributed by atoms with van der Waals surface area (Å²) in [6.45, 7) is 0.863. The number of nitrogens with zero attached hydrogens (tertiary/aromatic N) is 2. The van der Waals surface area contributed by atoms with Gasteiger partial charge in [-0.1, -0.05) is 0 Å². The lowest BCUT2D eigenvalue weighted by Gasteiger charge is -2.02. The quantitative estimate of drug-likeness (QED) is 0.742. The fourth-order valence-corrected chi connectivity index (χ4v) is 1.78. The fourth-order valence-electron chi connectivity index (χ4n) is 1.78. The van der Waals surface area contributed by atoms with Crippen molar-refractivity contribution in [1.29, 1.82) is 0 Å². The summed E-state index contributed by atoms with van der Waals surface area (Å²) in [7, 11) is 0. The molecule has 1 saturated carbocycles. The molecule has 4 heteroatoms. The third kappa shape index (κ3) is 1.50. The third-order valence-corrected chi connectivity index (χ3v) is 2.81. The van der Waals surface area contributed by atoms with E-state index >= 15 is 0 Å². The lowest BCUT2D eigenvalue weighted by Crippen LogP contribution is -1.98. The zero-order chi connectivity index (χ0) is 10.4. The molecular weight excluding hydrogens is 198 g/mol. The molecule has 1 aliphatic carbocycles. The maximum atomic E-state index is 13.0. The summed E-state index contributed by atoms with van der Waals surface area (Å²) < 4.78 is 27.9. The van der Waals surface area contributed by atoms with Crippen LogP contribution in [-0.4, -0.2) is 9.55 Å². The highest BCUT2D eigenvalue weighted by molar-refractivity contribution is 5.75. The van der Waals surface area contributed by atoms with Crippen molar-refractivity contribution in [3.8, 4) is 0 Å². The van der Waals surface area contributed by atoms with Gasteiger partial charge in [-0.05, 0) is 18.8 Å². The summed E-state index contributed by atoms with van der Waals surface area (Å²) in [5.74, 6) is -0.949. The molecule has 0 atom stereocenters. The molecule has 0 amide bonds. The molecule has 2 nitrogen and oxygen atoms in total. The highest BCUT2D eigenvalue weighted by Gasteiger charge is 2.22. The van der Waals surface area contributed by atoms with Gasteiger partial charge in [-0.15, -0.1) is 0 Å². The maximum Gasteiger partial charge on any atom is 0.161 e. The van der Waals surface area contributed by atoms with Gasteiger partial charge in [0.15, 0.2) is 11.6 Å². The number of benzene rings is 1. The van der Waals surface area contributed by atoms with Crippen molar-refractivity contribution in [1.82, 2.24) is 9.55 Å². The fraction of sp³-hybridized carbons (Fsp3) is 0.364. The zero-order valence-corrected chi connectivity index (χ0v) is 8.08. The largest absolute Gasteiger partial charge is 0.330 e. The van der Waals surface area contributed by atoms with Gasteiger partial charge >= 0.3 is 0 Å². The first-order valence-electron chi connectivity index (χ1n) is 5.04. The van der Waals surface area contributed by atoms with Crippen LogP contribution in [0.4, 0.5) is 8.78 Å². The van der Waals surface area contributed by atoms with Gasteiger partial charge in [-0.3, -0.25) is 0 Å². The van der Waals surface area contributed by atoms with Crippen LogP contribution in [0.25, 0.3) is 11.0 Å². The Labute approximate surface area is 85.5 Å². The molecule has 0 N–H and O–H groups in total. The first kappa shape index (κ1) is 8.83.